The number of piperidine rings is 1. The molecule has 0 spiro atoms. The zero-order valence-electron chi connectivity index (χ0n) is 13.5. The number of alkyl halides is 2. The number of ether oxygens (including phenoxy) is 1. The number of hydrogen-bond acceptors (Lipinski definition) is 3. The zero-order valence-corrected chi connectivity index (χ0v) is 15.8. The largest absolute Gasteiger partial charge is 0.433 e. The number of nitrogens with one attached hydrogen (secondary N) is 2. The van der Waals surface area contributed by atoms with E-state index in [1.165, 1.54) is 12.1 Å². The lowest BCUT2D eigenvalue weighted by atomic mass is 9.93. The van der Waals surface area contributed by atoms with Crippen molar-refractivity contribution in [3.05, 3.63) is 27.7 Å². The Morgan fingerprint density at radius 2 is 2.00 bits per heavy atom. The Balaban J connectivity index is 0.00000312. The first kappa shape index (κ1) is 22.2. The van der Waals surface area contributed by atoms with Crippen LogP contribution < -0.4 is 15.4 Å². The van der Waals surface area contributed by atoms with Gasteiger partial charge in [-0.05, 0) is 50.4 Å². The molecule has 4 nitrogen and oxygen atoms in total. The van der Waals surface area contributed by atoms with Crippen molar-refractivity contribution in [1.82, 2.24) is 10.6 Å². The molecule has 0 aliphatic carbocycles. The van der Waals surface area contributed by atoms with Gasteiger partial charge in [0.15, 0.2) is 0 Å². The van der Waals surface area contributed by atoms with Crippen molar-refractivity contribution in [1.29, 1.82) is 0 Å². The van der Waals surface area contributed by atoms with Crippen LogP contribution in [0.25, 0.3) is 0 Å². The molecule has 2 N–H and O–H groups in total. The first-order valence-electron chi connectivity index (χ1n) is 7.86. The summed E-state index contributed by atoms with van der Waals surface area (Å²) in [5.41, 5.74) is 0.322. The number of rotatable bonds is 7. The van der Waals surface area contributed by atoms with Crippen molar-refractivity contribution in [2.24, 2.45) is 5.92 Å². The predicted octanol–water partition coefficient (Wildman–Crippen LogP) is 4.41. The molecule has 1 aliphatic heterocycles. The highest BCUT2D eigenvalue weighted by molar-refractivity contribution is 6.35. The third-order valence-electron chi connectivity index (χ3n) is 4.01. The highest BCUT2D eigenvalue weighted by Crippen LogP contribution is 2.33. The van der Waals surface area contributed by atoms with Crippen LogP contribution >= 0.6 is 35.6 Å². The first-order valence-corrected chi connectivity index (χ1v) is 8.61. The molecule has 1 aromatic carbocycles. The summed E-state index contributed by atoms with van der Waals surface area (Å²) in [7, 11) is 0. The van der Waals surface area contributed by atoms with Crippen LogP contribution in [0.4, 0.5) is 8.78 Å². The molecule has 142 valence electrons. The third kappa shape index (κ3) is 7.52. The van der Waals surface area contributed by atoms with Gasteiger partial charge in [0.1, 0.15) is 5.75 Å². The van der Waals surface area contributed by atoms with Gasteiger partial charge in [-0.3, -0.25) is 4.79 Å². The van der Waals surface area contributed by atoms with Crippen LogP contribution in [0.3, 0.4) is 0 Å². The molecule has 1 aromatic rings. The first-order chi connectivity index (χ1) is 11.5. The summed E-state index contributed by atoms with van der Waals surface area (Å²) in [4.78, 5) is 12.0. The fourth-order valence-corrected chi connectivity index (χ4v) is 3.33. The van der Waals surface area contributed by atoms with Gasteiger partial charge in [0.25, 0.3) is 0 Å². The van der Waals surface area contributed by atoms with Gasteiger partial charge in [-0.2, -0.15) is 8.78 Å². The summed E-state index contributed by atoms with van der Waals surface area (Å²) in [6.07, 6.45) is 3.38. The van der Waals surface area contributed by atoms with E-state index >= 15 is 0 Å². The van der Waals surface area contributed by atoms with E-state index < -0.39 is 6.61 Å². The summed E-state index contributed by atoms with van der Waals surface area (Å²) >= 11 is 11.8. The lowest BCUT2D eigenvalue weighted by molar-refractivity contribution is -0.121. The SMILES string of the molecule is Cl.O=C(CCC1CCNCC1)NCc1cc(Cl)cc(Cl)c1OC(F)F. The van der Waals surface area contributed by atoms with Crippen LogP contribution in [-0.4, -0.2) is 25.6 Å². The van der Waals surface area contributed by atoms with Crippen LogP contribution in [0.5, 0.6) is 5.75 Å². The van der Waals surface area contributed by atoms with E-state index in [4.69, 9.17) is 23.2 Å². The van der Waals surface area contributed by atoms with Gasteiger partial charge in [0.05, 0.1) is 5.02 Å². The predicted molar refractivity (Wildman–Crippen MR) is 97.0 cm³/mol. The lowest BCUT2D eigenvalue weighted by Crippen LogP contribution is -2.29. The minimum absolute atomic E-state index is 0. The second-order valence-electron chi connectivity index (χ2n) is 5.76. The second kappa shape index (κ2) is 11.0. The van der Waals surface area contributed by atoms with Gasteiger partial charge in [-0.15, -0.1) is 12.4 Å². The van der Waals surface area contributed by atoms with Gasteiger partial charge in [-0.1, -0.05) is 23.2 Å². The van der Waals surface area contributed by atoms with E-state index in [1.807, 2.05) is 0 Å². The Bertz CT molecular complexity index is 571. The molecule has 0 aromatic heterocycles. The smallest absolute Gasteiger partial charge is 0.387 e. The Morgan fingerprint density at radius 1 is 1.32 bits per heavy atom. The summed E-state index contributed by atoms with van der Waals surface area (Å²) < 4.78 is 29.4. The minimum atomic E-state index is -3.00. The average molecular weight is 418 g/mol. The Labute approximate surface area is 162 Å². The number of amides is 1. The molecule has 1 amide bonds. The molecule has 0 unspecified atom stereocenters. The molecule has 25 heavy (non-hydrogen) atoms. The molecule has 0 atom stereocenters. The third-order valence-corrected chi connectivity index (χ3v) is 4.51. The standard InChI is InChI=1S/C16H20Cl2F2N2O2.ClH/c17-12-7-11(15(13(18)8-12)24-16(19)20)9-22-14(23)2-1-10-3-5-21-6-4-10;/h7-8,10,16,21H,1-6,9H2,(H,22,23);1H. The molecule has 9 heteroatoms. The summed E-state index contributed by atoms with van der Waals surface area (Å²) in [5, 5.41) is 6.27. The number of hydrogen-bond donors (Lipinski definition) is 2. The van der Waals surface area contributed by atoms with Gasteiger partial charge in [-0.25, -0.2) is 0 Å². The van der Waals surface area contributed by atoms with Crippen molar-refractivity contribution in [2.45, 2.75) is 38.8 Å². The van der Waals surface area contributed by atoms with Gasteiger partial charge >= 0.3 is 6.61 Å². The number of carbonyl (C=O) groups excluding carboxylic acids is 1. The van der Waals surface area contributed by atoms with Crippen molar-refractivity contribution in [2.75, 3.05) is 13.1 Å². The minimum Gasteiger partial charge on any atom is -0.433 e. The Morgan fingerprint density at radius 3 is 2.64 bits per heavy atom. The zero-order chi connectivity index (χ0) is 17.5. The summed E-state index contributed by atoms with van der Waals surface area (Å²) in [6.45, 7) is -0.991. The van der Waals surface area contributed by atoms with Gasteiger partial charge in [0, 0.05) is 23.6 Å². The summed E-state index contributed by atoms with van der Waals surface area (Å²) in [6, 6.07) is 2.78. The van der Waals surface area contributed by atoms with Crippen LogP contribution in [0, 0.1) is 5.92 Å². The van der Waals surface area contributed by atoms with Crippen LogP contribution in [0.1, 0.15) is 31.2 Å². The van der Waals surface area contributed by atoms with Crippen molar-refractivity contribution in [3.8, 4) is 5.75 Å². The molecular weight excluding hydrogens is 397 g/mol. The van der Waals surface area contributed by atoms with E-state index in [9.17, 15) is 13.6 Å². The van der Waals surface area contributed by atoms with E-state index in [-0.39, 0.29) is 35.6 Å². The van der Waals surface area contributed by atoms with Crippen molar-refractivity contribution in [3.63, 3.8) is 0 Å². The van der Waals surface area contributed by atoms with Gasteiger partial charge in [0.2, 0.25) is 5.91 Å². The molecule has 1 fully saturated rings. The van der Waals surface area contributed by atoms with E-state index in [0.29, 0.717) is 22.9 Å². The molecule has 2 rings (SSSR count). The molecule has 1 saturated heterocycles. The topological polar surface area (TPSA) is 50.4 Å². The van der Waals surface area contributed by atoms with Crippen molar-refractivity contribution < 1.29 is 18.3 Å². The monoisotopic (exact) mass is 416 g/mol. The highest BCUT2D eigenvalue weighted by atomic mass is 35.5. The fourth-order valence-electron chi connectivity index (χ4n) is 2.75. The van der Waals surface area contributed by atoms with Crippen LogP contribution in [-0.2, 0) is 11.3 Å². The van der Waals surface area contributed by atoms with Gasteiger partial charge < -0.3 is 15.4 Å². The Hall–Kier alpha value is -0.820. The number of halogens is 5. The van der Waals surface area contributed by atoms with Crippen LogP contribution in [0.15, 0.2) is 12.1 Å². The second-order valence-corrected chi connectivity index (χ2v) is 6.61. The molecule has 1 heterocycles. The normalized spacial score (nSPS) is 14.9. The maximum absolute atomic E-state index is 12.5. The maximum atomic E-state index is 12.5. The Kier molecular flexibility index (Phi) is 9.79. The van der Waals surface area contributed by atoms with E-state index in [2.05, 4.69) is 15.4 Å². The molecule has 1 aliphatic rings. The van der Waals surface area contributed by atoms with E-state index in [0.717, 1.165) is 32.4 Å². The molecule has 0 saturated carbocycles. The van der Waals surface area contributed by atoms with Crippen molar-refractivity contribution >= 4 is 41.5 Å². The highest BCUT2D eigenvalue weighted by Gasteiger charge is 2.17. The summed E-state index contributed by atoms with van der Waals surface area (Å²) in [5.74, 6) is 0.262. The maximum Gasteiger partial charge on any atom is 0.387 e. The number of carbonyl (C=O) groups is 1. The fraction of sp³-hybridized carbons (Fsp3) is 0.562. The number of benzene rings is 1. The molecule has 0 bridgehead atoms. The molecule has 0 radical (unpaired) electrons. The molecular formula is C16H21Cl3F2N2O2. The average Bonchev–Trinajstić information content (AvgIpc) is 2.54. The van der Waals surface area contributed by atoms with Crippen LogP contribution in [0.2, 0.25) is 10.0 Å². The lowest BCUT2D eigenvalue weighted by Gasteiger charge is -2.22. The van der Waals surface area contributed by atoms with E-state index in [1.54, 1.807) is 0 Å². The quantitative estimate of drug-likeness (QED) is 0.691.